The highest BCUT2D eigenvalue weighted by Gasteiger charge is 2.08. The first-order chi connectivity index (χ1) is 10.1. The molecule has 4 N–H and O–H groups in total. The molecule has 110 valence electrons. The Morgan fingerprint density at radius 2 is 1.86 bits per heavy atom. The molecule has 5 nitrogen and oxygen atoms in total. The maximum atomic E-state index is 12.1. The van der Waals surface area contributed by atoms with Crippen LogP contribution in [0.3, 0.4) is 0 Å². The van der Waals surface area contributed by atoms with Crippen molar-refractivity contribution in [1.29, 1.82) is 0 Å². The zero-order chi connectivity index (χ0) is 15.2. The summed E-state index contributed by atoms with van der Waals surface area (Å²) in [5.74, 6) is 0. The van der Waals surface area contributed by atoms with Gasteiger partial charge < -0.3 is 21.3 Å². The predicted molar refractivity (Wildman–Crippen MR) is 87.7 cm³/mol. The van der Waals surface area contributed by atoms with Gasteiger partial charge in [-0.15, -0.1) is 0 Å². The number of urea groups is 1. The number of nitrogens with zero attached hydrogens (tertiary/aromatic N) is 1. The van der Waals surface area contributed by atoms with E-state index in [1.807, 2.05) is 67.5 Å². The normalized spacial score (nSPS) is 10.0. The van der Waals surface area contributed by atoms with E-state index in [2.05, 4.69) is 10.6 Å². The van der Waals surface area contributed by atoms with Gasteiger partial charge in [-0.1, -0.05) is 24.3 Å². The second kappa shape index (κ2) is 6.76. The van der Waals surface area contributed by atoms with Crippen molar-refractivity contribution >= 4 is 23.1 Å². The Bertz CT molecular complexity index is 625. The van der Waals surface area contributed by atoms with E-state index >= 15 is 0 Å². The van der Waals surface area contributed by atoms with Crippen LogP contribution in [0.4, 0.5) is 21.9 Å². The Kier molecular flexibility index (Phi) is 4.79. The van der Waals surface area contributed by atoms with Gasteiger partial charge in [-0.05, 0) is 29.8 Å². The van der Waals surface area contributed by atoms with Crippen molar-refractivity contribution < 1.29 is 4.79 Å². The van der Waals surface area contributed by atoms with Crippen LogP contribution in [0, 0.1) is 0 Å². The van der Waals surface area contributed by atoms with Gasteiger partial charge in [-0.2, -0.15) is 0 Å². The molecule has 0 saturated heterocycles. The minimum Gasteiger partial charge on any atom is -0.376 e. The molecule has 0 fully saturated rings. The summed E-state index contributed by atoms with van der Waals surface area (Å²) >= 11 is 0. The molecule has 0 atom stereocenters. The summed E-state index contributed by atoms with van der Waals surface area (Å²) in [4.78, 5) is 14.0. The number of carbonyl (C=O) groups is 1. The average Bonchev–Trinajstić information content (AvgIpc) is 2.47. The fourth-order valence-electron chi connectivity index (χ4n) is 2.03. The topological polar surface area (TPSA) is 70.4 Å². The molecule has 0 aromatic heterocycles. The van der Waals surface area contributed by atoms with E-state index in [4.69, 9.17) is 5.73 Å². The molecule has 2 rings (SSSR count). The molecule has 0 heterocycles. The maximum Gasteiger partial charge on any atom is 0.323 e. The average molecular weight is 284 g/mol. The highest BCUT2D eigenvalue weighted by atomic mass is 16.2. The SMILES string of the molecule is CN(C)c1ccccc1NC(=O)Nc1cccc(CN)c1. The van der Waals surface area contributed by atoms with Crippen molar-refractivity contribution in [2.75, 3.05) is 29.6 Å². The Balaban J connectivity index is 2.08. The van der Waals surface area contributed by atoms with Crippen LogP contribution in [0.15, 0.2) is 48.5 Å². The summed E-state index contributed by atoms with van der Waals surface area (Å²) in [5, 5.41) is 5.66. The number of carbonyl (C=O) groups excluding carboxylic acids is 1. The highest BCUT2D eigenvalue weighted by Crippen LogP contribution is 2.23. The van der Waals surface area contributed by atoms with Crippen LogP contribution < -0.4 is 21.3 Å². The van der Waals surface area contributed by atoms with Crippen molar-refractivity contribution in [3.63, 3.8) is 0 Å². The largest absolute Gasteiger partial charge is 0.376 e. The molecule has 0 saturated carbocycles. The van der Waals surface area contributed by atoms with Crippen LogP contribution in [-0.2, 0) is 6.54 Å². The van der Waals surface area contributed by atoms with Gasteiger partial charge in [0.2, 0.25) is 0 Å². The Morgan fingerprint density at radius 3 is 2.57 bits per heavy atom. The van der Waals surface area contributed by atoms with Crippen molar-refractivity contribution in [3.8, 4) is 0 Å². The summed E-state index contributed by atoms with van der Waals surface area (Å²) in [6.07, 6.45) is 0. The first-order valence-corrected chi connectivity index (χ1v) is 6.73. The van der Waals surface area contributed by atoms with Crippen LogP contribution in [0.1, 0.15) is 5.56 Å². The number of nitrogens with two attached hydrogens (primary N) is 1. The summed E-state index contributed by atoms with van der Waals surface area (Å²) in [6, 6.07) is 14.8. The zero-order valence-corrected chi connectivity index (χ0v) is 12.3. The van der Waals surface area contributed by atoms with Gasteiger partial charge in [0.05, 0.1) is 11.4 Å². The molecule has 0 spiro atoms. The second-order valence-electron chi connectivity index (χ2n) is 4.90. The highest BCUT2D eigenvalue weighted by molar-refractivity contribution is 6.01. The minimum atomic E-state index is -0.279. The van der Waals surface area contributed by atoms with Crippen LogP contribution >= 0.6 is 0 Å². The summed E-state index contributed by atoms with van der Waals surface area (Å²) < 4.78 is 0. The molecule has 2 amide bonds. The fourth-order valence-corrected chi connectivity index (χ4v) is 2.03. The lowest BCUT2D eigenvalue weighted by Gasteiger charge is -2.18. The lowest BCUT2D eigenvalue weighted by Crippen LogP contribution is -2.21. The zero-order valence-electron chi connectivity index (χ0n) is 12.3. The number of amides is 2. The van der Waals surface area contributed by atoms with E-state index in [1.54, 1.807) is 0 Å². The van der Waals surface area contributed by atoms with E-state index in [1.165, 1.54) is 0 Å². The van der Waals surface area contributed by atoms with Gasteiger partial charge in [0.1, 0.15) is 0 Å². The van der Waals surface area contributed by atoms with Crippen LogP contribution in [0.25, 0.3) is 0 Å². The second-order valence-corrected chi connectivity index (χ2v) is 4.90. The molecule has 0 aliphatic heterocycles. The number of hydrogen-bond donors (Lipinski definition) is 3. The molecule has 0 bridgehead atoms. The molecule has 21 heavy (non-hydrogen) atoms. The van der Waals surface area contributed by atoms with E-state index < -0.39 is 0 Å². The van der Waals surface area contributed by atoms with Crippen molar-refractivity contribution in [2.24, 2.45) is 5.73 Å². The van der Waals surface area contributed by atoms with Gasteiger partial charge in [0.25, 0.3) is 0 Å². The summed E-state index contributed by atoms with van der Waals surface area (Å²) in [6.45, 7) is 0.445. The lowest BCUT2D eigenvalue weighted by atomic mass is 10.2. The Labute approximate surface area is 124 Å². The third kappa shape index (κ3) is 3.97. The molecule has 0 aliphatic rings. The van der Waals surface area contributed by atoms with Crippen LogP contribution in [-0.4, -0.2) is 20.1 Å². The first-order valence-electron chi connectivity index (χ1n) is 6.73. The third-order valence-electron chi connectivity index (χ3n) is 3.05. The van der Waals surface area contributed by atoms with E-state index in [0.717, 1.165) is 22.6 Å². The van der Waals surface area contributed by atoms with Crippen molar-refractivity contribution in [3.05, 3.63) is 54.1 Å². The number of para-hydroxylation sites is 2. The molecule has 0 radical (unpaired) electrons. The van der Waals surface area contributed by atoms with E-state index in [0.29, 0.717) is 6.54 Å². The smallest absolute Gasteiger partial charge is 0.323 e. The van der Waals surface area contributed by atoms with Gasteiger partial charge in [-0.3, -0.25) is 0 Å². The minimum absolute atomic E-state index is 0.279. The van der Waals surface area contributed by atoms with E-state index in [-0.39, 0.29) is 6.03 Å². The van der Waals surface area contributed by atoms with Crippen LogP contribution in [0.5, 0.6) is 0 Å². The van der Waals surface area contributed by atoms with Gasteiger partial charge >= 0.3 is 6.03 Å². The number of anilines is 3. The van der Waals surface area contributed by atoms with E-state index in [9.17, 15) is 4.79 Å². The molecule has 2 aromatic carbocycles. The molecule has 2 aromatic rings. The summed E-state index contributed by atoms with van der Waals surface area (Å²) in [7, 11) is 3.87. The number of nitrogens with one attached hydrogen (secondary N) is 2. The molecule has 0 aliphatic carbocycles. The summed E-state index contributed by atoms with van der Waals surface area (Å²) in [5.41, 5.74) is 8.99. The van der Waals surface area contributed by atoms with Crippen LogP contribution in [0.2, 0.25) is 0 Å². The molecular weight excluding hydrogens is 264 g/mol. The number of benzene rings is 2. The number of rotatable bonds is 4. The monoisotopic (exact) mass is 284 g/mol. The fraction of sp³-hybridized carbons (Fsp3) is 0.188. The predicted octanol–water partition coefficient (Wildman–Crippen LogP) is 2.86. The van der Waals surface area contributed by atoms with Crippen molar-refractivity contribution in [2.45, 2.75) is 6.54 Å². The van der Waals surface area contributed by atoms with Gasteiger partial charge in [0, 0.05) is 26.3 Å². The lowest BCUT2D eigenvalue weighted by molar-refractivity contribution is 0.262. The molecular formula is C16H20N4O. The Hall–Kier alpha value is -2.53. The molecule has 5 heteroatoms. The quantitative estimate of drug-likeness (QED) is 0.808. The van der Waals surface area contributed by atoms with Gasteiger partial charge in [-0.25, -0.2) is 4.79 Å². The standard InChI is InChI=1S/C16H20N4O/c1-20(2)15-9-4-3-8-14(15)19-16(21)18-13-7-5-6-12(10-13)11-17/h3-10H,11,17H2,1-2H3,(H2,18,19,21). The van der Waals surface area contributed by atoms with Gasteiger partial charge in [0.15, 0.2) is 0 Å². The number of hydrogen-bond acceptors (Lipinski definition) is 3. The third-order valence-corrected chi connectivity index (χ3v) is 3.05. The molecule has 0 unspecified atom stereocenters. The Morgan fingerprint density at radius 1 is 1.10 bits per heavy atom. The van der Waals surface area contributed by atoms with Crippen molar-refractivity contribution in [1.82, 2.24) is 0 Å². The maximum absolute atomic E-state index is 12.1. The first kappa shape index (κ1) is 14.9.